The number of amides is 1. The first-order valence-electron chi connectivity index (χ1n) is 9.72. The summed E-state index contributed by atoms with van der Waals surface area (Å²) < 4.78 is 1.76. The molecule has 0 atom stereocenters. The van der Waals surface area contributed by atoms with Crippen LogP contribution in [0.2, 0.25) is 0 Å². The standard InChI is InChI=1S/C20H23N7O/c1-20(2)14-7-6-13(12-15(14)23-18(20)28)22-19-24-17-16(21-8-11-27(17)25-19)26-9-4-3-5-10-26/h6-8,11-12H,3-5,9-10H2,1-2H3,(H,22,25)(H,23,28). The first-order chi connectivity index (χ1) is 13.5. The number of carbonyl (C=O) groups excluding carboxylic acids is 1. The van der Waals surface area contributed by atoms with Crippen LogP contribution in [-0.4, -0.2) is 38.6 Å². The minimum absolute atomic E-state index is 0.0164. The quantitative estimate of drug-likeness (QED) is 0.729. The smallest absolute Gasteiger partial charge is 0.247 e. The molecular formula is C20H23N7O. The average Bonchev–Trinajstić information content (AvgIpc) is 3.20. The zero-order valence-electron chi connectivity index (χ0n) is 16.1. The van der Waals surface area contributed by atoms with Gasteiger partial charge in [0.05, 0.1) is 5.41 Å². The molecule has 0 saturated carbocycles. The fraction of sp³-hybridized carbons (Fsp3) is 0.400. The van der Waals surface area contributed by atoms with Crippen molar-refractivity contribution in [3.63, 3.8) is 0 Å². The van der Waals surface area contributed by atoms with E-state index >= 15 is 0 Å². The molecule has 144 valence electrons. The highest BCUT2D eigenvalue weighted by Gasteiger charge is 2.38. The lowest BCUT2D eigenvalue weighted by atomic mass is 9.86. The molecule has 8 nitrogen and oxygen atoms in total. The average molecular weight is 377 g/mol. The van der Waals surface area contributed by atoms with Gasteiger partial charge < -0.3 is 15.5 Å². The number of benzene rings is 1. The summed E-state index contributed by atoms with van der Waals surface area (Å²) in [5, 5.41) is 10.7. The van der Waals surface area contributed by atoms with Crippen LogP contribution in [0.1, 0.15) is 38.7 Å². The van der Waals surface area contributed by atoms with E-state index < -0.39 is 5.41 Å². The highest BCUT2D eigenvalue weighted by molar-refractivity contribution is 6.06. The summed E-state index contributed by atoms with van der Waals surface area (Å²) >= 11 is 0. The summed E-state index contributed by atoms with van der Waals surface area (Å²) in [7, 11) is 0. The number of piperidine rings is 1. The minimum atomic E-state index is -0.510. The molecule has 1 amide bonds. The van der Waals surface area contributed by atoms with Gasteiger partial charge >= 0.3 is 0 Å². The Balaban J connectivity index is 1.45. The van der Waals surface area contributed by atoms with E-state index in [2.05, 4.69) is 30.6 Å². The zero-order chi connectivity index (χ0) is 19.3. The number of rotatable bonds is 3. The Kier molecular flexibility index (Phi) is 3.75. The number of hydrogen-bond donors (Lipinski definition) is 2. The number of carbonyl (C=O) groups is 1. The molecule has 0 radical (unpaired) electrons. The largest absolute Gasteiger partial charge is 0.353 e. The van der Waals surface area contributed by atoms with Crippen LogP contribution in [0.5, 0.6) is 0 Å². The van der Waals surface area contributed by atoms with Crippen molar-refractivity contribution in [3.8, 4) is 0 Å². The molecule has 3 aromatic rings. The first kappa shape index (κ1) is 17.0. The molecule has 0 aliphatic carbocycles. The van der Waals surface area contributed by atoms with E-state index in [1.165, 1.54) is 19.3 Å². The second-order valence-corrected chi connectivity index (χ2v) is 7.97. The van der Waals surface area contributed by atoms with Crippen molar-refractivity contribution in [2.75, 3.05) is 28.6 Å². The maximum absolute atomic E-state index is 12.2. The van der Waals surface area contributed by atoms with Gasteiger partial charge in [0.1, 0.15) is 0 Å². The highest BCUT2D eigenvalue weighted by atomic mass is 16.2. The third-order valence-electron chi connectivity index (χ3n) is 5.66. The van der Waals surface area contributed by atoms with E-state index in [1.807, 2.05) is 38.2 Å². The summed E-state index contributed by atoms with van der Waals surface area (Å²) in [6.07, 6.45) is 7.21. The Morgan fingerprint density at radius 2 is 2.00 bits per heavy atom. The molecule has 1 aromatic carbocycles. The van der Waals surface area contributed by atoms with Crippen LogP contribution in [-0.2, 0) is 10.2 Å². The van der Waals surface area contributed by atoms with Gasteiger partial charge in [-0.25, -0.2) is 9.50 Å². The maximum atomic E-state index is 12.2. The normalized spacial score (nSPS) is 18.2. The molecule has 0 spiro atoms. The summed E-state index contributed by atoms with van der Waals surface area (Å²) in [5.41, 5.74) is 2.91. The van der Waals surface area contributed by atoms with Crippen molar-refractivity contribution in [3.05, 3.63) is 36.2 Å². The minimum Gasteiger partial charge on any atom is -0.353 e. The van der Waals surface area contributed by atoms with E-state index in [0.717, 1.165) is 41.5 Å². The maximum Gasteiger partial charge on any atom is 0.247 e. The van der Waals surface area contributed by atoms with Crippen LogP contribution < -0.4 is 15.5 Å². The molecule has 28 heavy (non-hydrogen) atoms. The molecule has 2 aliphatic rings. The Labute approximate surface area is 163 Å². The fourth-order valence-electron chi connectivity index (χ4n) is 3.99. The third kappa shape index (κ3) is 2.67. The van der Waals surface area contributed by atoms with Crippen LogP contribution >= 0.6 is 0 Å². The Morgan fingerprint density at radius 3 is 2.82 bits per heavy atom. The van der Waals surface area contributed by atoms with Gasteiger partial charge in [0, 0.05) is 36.9 Å². The summed E-state index contributed by atoms with van der Waals surface area (Å²) in [6.45, 7) is 5.87. The number of nitrogens with one attached hydrogen (secondary N) is 2. The molecule has 4 heterocycles. The molecule has 2 aliphatic heterocycles. The fourth-order valence-corrected chi connectivity index (χ4v) is 3.99. The van der Waals surface area contributed by atoms with Gasteiger partial charge in [-0.15, -0.1) is 5.10 Å². The van der Waals surface area contributed by atoms with E-state index in [1.54, 1.807) is 10.7 Å². The van der Waals surface area contributed by atoms with Crippen molar-refractivity contribution >= 4 is 34.7 Å². The van der Waals surface area contributed by atoms with Gasteiger partial charge in [-0.1, -0.05) is 6.07 Å². The van der Waals surface area contributed by atoms with Gasteiger partial charge in [0.2, 0.25) is 11.9 Å². The number of fused-ring (bicyclic) bond motifs is 2. The Hall–Kier alpha value is -3.16. The van der Waals surface area contributed by atoms with Gasteiger partial charge in [-0.05, 0) is 50.8 Å². The monoisotopic (exact) mass is 377 g/mol. The first-order valence-corrected chi connectivity index (χ1v) is 9.72. The molecule has 1 saturated heterocycles. The summed E-state index contributed by atoms with van der Waals surface area (Å²) in [6, 6.07) is 5.86. The molecule has 5 rings (SSSR count). The van der Waals surface area contributed by atoms with E-state index in [-0.39, 0.29) is 5.91 Å². The Morgan fingerprint density at radius 1 is 1.18 bits per heavy atom. The van der Waals surface area contributed by atoms with Crippen molar-refractivity contribution in [1.82, 2.24) is 19.6 Å². The van der Waals surface area contributed by atoms with Crippen LogP contribution in [0.4, 0.5) is 23.1 Å². The predicted molar refractivity (Wildman–Crippen MR) is 108 cm³/mol. The number of nitrogens with zero attached hydrogens (tertiary/aromatic N) is 5. The van der Waals surface area contributed by atoms with E-state index in [0.29, 0.717) is 5.95 Å². The van der Waals surface area contributed by atoms with Crippen LogP contribution in [0.25, 0.3) is 5.65 Å². The van der Waals surface area contributed by atoms with Crippen LogP contribution in [0.15, 0.2) is 30.6 Å². The summed E-state index contributed by atoms with van der Waals surface area (Å²) in [4.78, 5) is 23.7. The lowest BCUT2D eigenvalue weighted by Crippen LogP contribution is -2.30. The van der Waals surface area contributed by atoms with Crippen LogP contribution in [0.3, 0.4) is 0 Å². The molecule has 0 bridgehead atoms. The lowest BCUT2D eigenvalue weighted by Gasteiger charge is -2.27. The number of aromatic nitrogens is 4. The second kappa shape index (κ2) is 6.19. The van der Waals surface area contributed by atoms with Crippen LogP contribution in [0, 0.1) is 0 Å². The molecular weight excluding hydrogens is 354 g/mol. The predicted octanol–water partition coefficient (Wildman–Crippen LogP) is 3.09. The van der Waals surface area contributed by atoms with Crippen molar-refractivity contribution in [2.45, 2.75) is 38.5 Å². The highest BCUT2D eigenvalue weighted by Crippen LogP contribution is 2.39. The van der Waals surface area contributed by atoms with Crippen molar-refractivity contribution < 1.29 is 4.79 Å². The molecule has 2 N–H and O–H groups in total. The van der Waals surface area contributed by atoms with Gasteiger partial charge in [-0.2, -0.15) is 4.98 Å². The molecule has 2 aromatic heterocycles. The van der Waals surface area contributed by atoms with E-state index in [4.69, 9.17) is 0 Å². The molecule has 0 unspecified atom stereocenters. The zero-order valence-corrected chi connectivity index (χ0v) is 16.1. The number of anilines is 4. The van der Waals surface area contributed by atoms with Gasteiger partial charge in [0.25, 0.3) is 0 Å². The third-order valence-corrected chi connectivity index (χ3v) is 5.66. The topological polar surface area (TPSA) is 87.5 Å². The van der Waals surface area contributed by atoms with Crippen molar-refractivity contribution in [2.24, 2.45) is 0 Å². The number of hydrogen-bond acceptors (Lipinski definition) is 6. The van der Waals surface area contributed by atoms with E-state index in [9.17, 15) is 4.79 Å². The van der Waals surface area contributed by atoms with Crippen molar-refractivity contribution in [1.29, 1.82) is 0 Å². The van der Waals surface area contributed by atoms with Gasteiger partial charge in [0.15, 0.2) is 11.5 Å². The SMILES string of the molecule is CC1(C)C(=O)Nc2cc(Nc3nc4c(N5CCCCC5)nccn4n3)ccc21. The lowest BCUT2D eigenvalue weighted by molar-refractivity contribution is -0.119. The Bertz CT molecular complexity index is 1070. The molecule has 8 heteroatoms. The molecule has 1 fully saturated rings. The summed E-state index contributed by atoms with van der Waals surface area (Å²) in [5.74, 6) is 1.41. The van der Waals surface area contributed by atoms with Gasteiger partial charge in [-0.3, -0.25) is 4.79 Å². The second-order valence-electron chi connectivity index (χ2n) is 7.97.